The van der Waals surface area contributed by atoms with Gasteiger partial charge in [-0.1, -0.05) is 24.3 Å². The molecule has 1 heterocycles. The average molecular weight is 524 g/mol. The summed E-state index contributed by atoms with van der Waals surface area (Å²) >= 11 is 0. The van der Waals surface area contributed by atoms with Crippen molar-refractivity contribution in [3.63, 3.8) is 0 Å². The normalized spacial score (nSPS) is 14.1. The lowest BCUT2D eigenvalue weighted by molar-refractivity contribution is 0.0724. The number of guanidine groups is 1. The summed E-state index contributed by atoms with van der Waals surface area (Å²) in [6, 6.07) is 12.8. The lowest BCUT2D eigenvalue weighted by atomic mass is 10.1. The van der Waals surface area contributed by atoms with E-state index in [1.165, 1.54) is 12.5 Å². The van der Waals surface area contributed by atoms with E-state index < -0.39 is 0 Å². The minimum Gasteiger partial charge on any atom is -0.352 e. The van der Waals surface area contributed by atoms with Crippen LogP contribution in [-0.2, 0) is 13.1 Å². The van der Waals surface area contributed by atoms with Crippen LogP contribution in [0.3, 0.4) is 0 Å². The standard InChI is InChI=1S/C23H29FN4O.HI/c1-17-14-19(8-11-21(17)24)16-27-23(25-2)26-15-18-6-9-20(10-7-18)22(29)28-12-4-3-5-13-28;/h6-11,14H,3-5,12-13,15-16H2,1-2H3,(H2,25,26,27);1H. The Balaban J connectivity index is 0.00000320. The smallest absolute Gasteiger partial charge is 0.253 e. The Hall–Kier alpha value is -2.16. The number of benzene rings is 2. The van der Waals surface area contributed by atoms with Crippen LogP contribution in [0.2, 0.25) is 0 Å². The lowest BCUT2D eigenvalue weighted by Crippen LogP contribution is -2.36. The first-order valence-electron chi connectivity index (χ1n) is 10.1. The van der Waals surface area contributed by atoms with Crippen molar-refractivity contribution >= 4 is 35.8 Å². The van der Waals surface area contributed by atoms with Gasteiger partial charge in [0.25, 0.3) is 5.91 Å². The molecule has 1 fully saturated rings. The number of aryl methyl sites for hydroxylation is 1. The molecule has 5 nitrogen and oxygen atoms in total. The quantitative estimate of drug-likeness (QED) is 0.350. The van der Waals surface area contributed by atoms with Crippen LogP contribution >= 0.6 is 24.0 Å². The maximum Gasteiger partial charge on any atom is 0.253 e. The largest absolute Gasteiger partial charge is 0.352 e. The summed E-state index contributed by atoms with van der Waals surface area (Å²) in [7, 11) is 1.71. The number of hydrogen-bond donors (Lipinski definition) is 2. The molecule has 0 bridgehead atoms. The fourth-order valence-electron chi connectivity index (χ4n) is 3.45. The summed E-state index contributed by atoms with van der Waals surface area (Å²) in [5, 5.41) is 6.49. The molecule has 1 amide bonds. The van der Waals surface area contributed by atoms with Gasteiger partial charge >= 0.3 is 0 Å². The molecule has 7 heteroatoms. The maximum atomic E-state index is 13.4. The topological polar surface area (TPSA) is 56.7 Å². The van der Waals surface area contributed by atoms with Crippen LogP contribution in [0.5, 0.6) is 0 Å². The fourth-order valence-corrected chi connectivity index (χ4v) is 3.45. The average Bonchev–Trinajstić information content (AvgIpc) is 2.76. The summed E-state index contributed by atoms with van der Waals surface area (Å²) < 4.78 is 13.4. The van der Waals surface area contributed by atoms with Crippen molar-refractivity contribution in [3.05, 3.63) is 70.5 Å². The van der Waals surface area contributed by atoms with E-state index >= 15 is 0 Å². The number of nitrogens with one attached hydrogen (secondary N) is 2. The highest BCUT2D eigenvalue weighted by molar-refractivity contribution is 14.0. The lowest BCUT2D eigenvalue weighted by Gasteiger charge is -2.26. The van der Waals surface area contributed by atoms with Gasteiger partial charge in [-0.15, -0.1) is 24.0 Å². The zero-order valence-corrected chi connectivity index (χ0v) is 19.9. The highest BCUT2D eigenvalue weighted by Crippen LogP contribution is 2.14. The Morgan fingerprint density at radius 2 is 1.60 bits per heavy atom. The number of rotatable bonds is 5. The maximum absolute atomic E-state index is 13.4. The molecule has 0 aliphatic carbocycles. The first-order chi connectivity index (χ1) is 14.1. The van der Waals surface area contributed by atoms with Gasteiger partial charge in [-0.2, -0.15) is 0 Å². The highest BCUT2D eigenvalue weighted by atomic mass is 127. The van der Waals surface area contributed by atoms with Crippen molar-refractivity contribution in [2.45, 2.75) is 39.3 Å². The molecule has 1 aliphatic heterocycles. The van der Waals surface area contributed by atoms with Gasteiger partial charge in [0.05, 0.1) is 0 Å². The summed E-state index contributed by atoms with van der Waals surface area (Å²) in [6.45, 7) is 4.63. The summed E-state index contributed by atoms with van der Waals surface area (Å²) in [4.78, 5) is 18.7. The Kier molecular flexibility index (Phi) is 9.55. The van der Waals surface area contributed by atoms with E-state index in [1.807, 2.05) is 35.2 Å². The molecular formula is C23H30FIN4O. The first-order valence-corrected chi connectivity index (χ1v) is 10.1. The summed E-state index contributed by atoms with van der Waals surface area (Å²) in [6.07, 6.45) is 3.40. The molecule has 0 atom stereocenters. The minimum absolute atomic E-state index is 0. The van der Waals surface area contributed by atoms with Crippen LogP contribution in [0.4, 0.5) is 4.39 Å². The Morgan fingerprint density at radius 3 is 2.20 bits per heavy atom. The van der Waals surface area contributed by atoms with Crippen LogP contribution in [0.1, 0.15) is 46.3 Å². The van der Waals surface area contributed by atoms with E-state index in [9.17, 15) is 9.18 Å². The van der Waals surface area contributed by atoms with Gasteiger partial charge in [0.1, 0.15) is 5.82 Å². The van der Waals surface area contributed by atoms with Crippen LogP contribution in [0.15, 0.2) is 47.5 Å². The van der Waals surface area contributed by atoms with Crippen LogP contribution in [0.25, 0.3) is 0 Å². The molecule has 2 aromatic rings. The third-order valence-corrected chi connectivity index (χ3v) is 5.21. The zero-order valence-electron chi connectivity index (χ0n) is 17.6. The molecule has 1 aliphatic rings. The number of likely N-dealkylation sites (tertiary alicyclic amines) is 1. The highest BCUT2D eigenvalue weighted by Gasteiger charge is 2.17. The Bertz CT molecular complexity index is 864. The molecule has 0 unspecified atom stereocenters. The van der Waals surface area contributed by atoms with Gasteiger partial charge in [0, 0.05) is 38.8 Å². The third-order valence-electron chi connectivity index (χ3n) is 5.21. The second kappa shape index (κ2) is 11.9. The number of carbonyl (C=O) groups excluding carboxylic acids is 1. The molecule has 3 rings (SSSR count). The predicted octanol–water partition coefficient (Wildman–Crippen LogP) is 4.24. The molecule has 0 aromatic heterocycles. The van der Waals surface area contributed by atoms with E-state index in [1.54, 1.807) is 20.0 Å². The Morgan fingerprint density at radius 1 is 1.00 bits per heavy atom. The molecule has 1 saturated heterocycles. The van der Waals surface area contributed by atoms with E-state index in [2.05, 4.69) is 15.6 Å². The second-order valence-corrected chi connectivity index (χ2v) is 7.41. The third kappa shape index (κ3) is 6.68. The number of piperidine rings is 1. The molecule has 2 N–H and O–H groups in total. The number of nitrogens with zero attached hydrogens (tertiary/aromatic N) is 2. The number of hydrogen-bond acceptors (Lipinski definition) is 2. The molecule has 162 valence electrons. The number of amides is 1. The molecular weight excluding hydrogens is 494 g/mol. The van der Waals surface area contributed by atoms with Crippen molar-refractivity contribution in [1.82, 2.24) is 15.5 Å². The monoisotopic (exact) mass is 524 g/mol. The van der Waals surface area contributed by atoms with E-state index in [0.717, 1.165) is 42.6 Å². The summed E-state index contributed by atoms with van der Waals surface area (Å²) in [5.41, 5.74) is 3.43. The minimum atomic E-state index is -0.196. The van der Waals surface area contributed by atoms with E-state index in [-0.39, 0.29) is 35.7 Å². The van der Waals surface area contributed by atoms with Crippen LogP contribution in [-0.4, -0.2) is 36.9 Å². The van der Waals surface area contributed by atoms with Gasteiger partial charge in [0.2, 0.25) is 0 Å². The SMILES string of the molecule is CN=C(NCc1ccc(C(=O)N2CCCCC2)cc1)NCc1ccc(F)c(C)c1.I. The van der Waals surface area contributed by atoms with Crippen molar-refractivity contribution in [2.75, 3.05) is 20.1 Å². The van der Waals surface area contributed by atoms with Crippen LogP contribution < -0.4 is 10.6 Å². The van der Waals surface area contributed by atoms with Gasteiger partial charge in [-0.05, 0) is 61.1 Å². The number of aliphatic imine (C=N–C) groups is 1. The molecule has 2 aromatic carbocycles. The molecule has 0 saturated carbocycles. The van der Waals surface area contributed by atoms with Gasteiger partial charge in [-0.25, -0.2) is 4.39 Å². The molecule has 30 heavy (non-hydrogen) atoms. The second-order valence-electron chi connectivity index (χ2n) is 7.41. The number of halogens is 2. The fraction of sp³-hybridized carbons (Fsp3) is 0.391. The van der Waals surface area contributed by atoms with Gasteiger partial charge in [-0.3, -0.25) is 9.79 Å². The zero-order chi connectivity index (χ0) is 20.6. The van der Waals surface area contributed by atoms with Gasteiger partial charge in [0.15, 0.2) is 5.96 Å². The van der Waals surface area contributed by atoms with Crippen molar-refractivity contribution < 1.29 is 9.18 Å². The van der Waals surface area contributed by atoms with E-state index in [4.69, 9.17) is 0 Å². The predicted molar refractivity (Wildman–Crippen MR) is 130 cm³/mol. The van der Waals surface area contributed by atoms with Crippen LogP contribution in [0, 0.1) is 12.7 Å². The van der Waals surface area contributed by atoms with Crippen molar-refractivity contribution in [2.24, 2.45) is 4.99 Å². The van der Waals surface area contributed by atoms with Crippen molar-refractivity contribution in [3.8, 4) is 0 Å². The summed E-state index contributed by atoms with van der Waals surface area (Å²) in [5.74, 6) is 0.593. The van der Waals surface area contributed by atoms with Crippen molar-refractivity contribution in [1.29, 1.82) is 0 Å². The number of carbonyl (C=O) groups is 1. The van der Waals surface area contributed by atoms with E-state index in [0.29, 0.717) is 24.6 Å². The molecule has 0 spiro atoms. The first kappa shape index (κ1) is 24.1. The molecule has 0 radical (unpaired) electrons. The van der Waals surface area contributed by atoms with Gasteiger partial charge < -0.3 is 15.5 Å². The Labute approximate surface area is 195 Å².